The van der Waals surface area contributed by atoms with Crippen molar-refractivity contribution in [3.05, 3.63) is 48.0 Å². The summed E-state index contributed by atoms with van der Waals surface area (Å²) >= 11 is 0. The first-order chi connectivity index (χ1) is 14.3. The number of ether oxygens (including phenoxy) is 3. The smallest absolute Gasteiger partial charge is 0.243 e. The molecular weight excluding hydrogens is 402 g/mol. The zero-order valence-corrected chi connectivity index (χ0v) is 18.9. The molecule has 1 aliphatic rings. The van der Waals surface area contributed by atoms with Crippen LogP contribution in [0.25, 0.3) is 0 Å². The maximum atomic E-state index is 13.5. The van der Waals surface area contributed by atoms with Gasteiger partial charge in [-0.3, -0.25) is 0 Å². The summed E-state index contributed by atoms with van der Waals surface area (Å²) in [5.41, 5.74) is 0.871. The summed E-state index contributed by atoms with van der Waals surface area (Å²) < 4.78 is 45.2. The van der Waals surface area contributed by atoms with Gasteiger partial charge in [0.1, 0.15) is 5.75 Å². The van der Waals surface area contributed by atoms with Crippen molar-refractivity contribution in [2.24, 2.45) is 0 Å². The van der Waals surface area contributed by atoms with Gasteiger partial charge in [0, 0.05) is 12.6 Å². The molecule has 3 rings (SSSR count). The molecular formula is C23H31NO5S. The van der Waals surface area contributed by atoms with Gasteiger partial charge in [-0.2, -0.15) is 4.31 Å². The Kier molecular flexibility index (Phi) is 7.26. The molecule has 164 valence electrons. The Labute approximate surface area is 179 Å². The summed E-state index contributed by atoms with van der Waals surface area (Å²) in [4.78, 5) is 0.280. The van der Waals surface area contributed by atoms with Crippen molar-refractivity contribution in [2.75, 3.05) is 14.2 Å². The fourth-order valence-electron chi connectivity index (χ4n) is 3.83. The van der Waals surface area contributed by atoms with Gasteiger partial charge in [-0.1, -0.05) is 18.9 Å². The molecule has 1 aliphatic carbocycles. The highest BCUT2D eigenvalue weighted by Crippen LogP contribution is 2.34. The fraction of sp³-hybridized carbons (Fsp3) is 0.478. The van der Waals surface area contributed by atoms with E-state index in [1.807, 2.05) is 32.0 Å². The molecule has 2 aromatic carbocycles. The maximum absolute atomic E-state index is 13.5. The Bertz CT molecular complexity index is 935. The van der Waals surface area contributed by atoms with Gasteiger partial charge in [0.15, 0.2) is 11.5 Å². The van der Waals surface area contributed by atoms with Crippen LogP contribution in [-0.2, 0) is 16.6 Å². The molecule has 0 saturated heterocycles. The molecule has 0 radical (unpaired) electrons. The minimum atomic E-state index is -3.65. The van der Waals surface area contributed by atoms with E-state index in [-0.39, 0.29) is 23.6 Å². The van der Waals surface area contributed by atoms with Crippen molar-refractivity contribution in [1.82, 2.24) is 4.31 Å². The zero-order chi connectivity index (χ0) is 21.7. The Morgan fingerprint density at radius 1 is 0.967 bits per heavy atom. The third kappa shape index (κ3) is 5.08. The molecule has 0 spiro atoms. The Morgan fingerprint density at radius 3 is 2.20 bits per heavy atom. The van der Waals surface area contributed by atoms with Crippen molar-refractivity contribution < 1.29 is 22.6 Å². The zero-order valence-electron chi connectivity index (χ0n) is 18.1. The summed E-state index contributed by atoms with van der Waals surface area (Å²) in [6.07, 6.45) is 3.83. The molecule has 0 atom stereocenters. The van der Waals surface area contributed by atoms with E-state index >= 15 is 0 Å². The minimum absolute atomic E-state index is 0.00586. The second-order valence-electron chi connectivity index (χ2n) is 7.82. The van der Waals surface area contributed by atoms with Crippen LogP contribution in [0.2, 0.25) is 0 Å². The van der Waals surface area contributed by atoms with Gasteiger partial charge in [-0.15, -0.1) is 0 Å². The van der Waals surface area contributed by atoms with Gasteiger partial charge in [0.25, 0.3) is 0 Å². The highest BCUT2D eigenvalue weighted by molar-refractivity contribution is 7.89. The Hall–Kier alpha value is -2.25. The van der Waals surface area contributed by atoms with E-state index in [1.165, 1.54) is 0 Å². The second kappa shape index (κ2) is 9.71. The lowest BCUT2D eigenvalue weighted by Gasteiger charge is -2.28. The van der Waals surface area contributed by atoms with E-state index in [1.54, 1.807) is 42.8 Å². The van der Waals surface area contributed by atoms with Crippen LogP contribution in [0.15, 0.2) is 47.4 Å². The Morgan fingerprint density at radius 2 is 1.63 bits per heavy atom. The fourth-order valence-corrected chi connectivity index (χ4v) is 5.50. The van der Waals surface area contributed by atoms with Crippen molar-refractivity contribution in [2.45, 2.75) is 63.1 Å². The summed E-state index contributed by atoms with van der Waals surface area (Å²) in [6, 6.07) is 12.2. The molecule has 0 heterocycles. The lowest BCUT2D eigenvalue weighted by atomic mass is 10.1. The molecule has 1 fully saturated rings. The van der Waals surface area contributed by atoms with Crippen molar-refractivity contribution in [3.63, 3.8) is 0 Å². The van der Waals surface area contributed by atoms with Gasteiger partial charge in [0.05, 0.1) is 25.2 Å². The molecule has 0 bridgehead atoms. The normalized spacial score (nSPS) is 15.0. The topological polar surface area (TPSA) is 65.1 Å². The van der Waals surface area contributed by atoms with Crippen molar-refractivity contribution in [3.8, 4) is 17.2 Å². The van der Waals surface area contributed by atoms with Crippen LogP contribution in [-0.4, -0.2) is 39.1 Å². The Balaban J connectivity index is 1.94. The predicted octanol–water partition coefficient (Wildman–Crippen LogP) is 4.62. The van der Waals surface area contributed by atoms with E-state index < -0.39 is 10.0 Å². The SMILES string of the molecule is COc1ccc(S(=O)(=O)N(Cc2ccc(OC)c(OC(C)C)c2)C2CCCC2)cc1. The van der Waals surface area contributed by atoms with E-state index in [2.05, 4.69) is 0 Å². The van der Waals surface area contributed by atoms with E-state index in [0.717, 1.165) is 31.2 Å². The first-order valence-corrected chi connectivity index (χ1v) is 11.8. The summed E-state index contributed by atoms with van der Waals surface area (Å²) in [5.74, 6) is 1.89. The summed E-state index contributed by atoms with van der Waals surface area (Å²) in [5, 5.41) is 0. The number of methoxy groups -OCH3 is 2. The first kappa shape index (κ1) is 22.4. The van der Waals surface area contributed by atoms with Crippen molar-refractivity contribution in [1.29, 1.82) is 0 Å². The lowest BCUT2D eigenvalue weighted by Crippen LogP contribution is -2.38. The predicted molar refractivity (Wildman–Crippen MR) is 117 cm³/mol. The molecule has 6 nitrogen and oxygen atoms in total. The molecule has 1 saturated carbocycles. The number of hydrogen-bond donors (Lipinski definition) is 0. The molecule has 0 amide bonds. The number of benzene rings is 2. The molecule has 0 unspecified atom stereocenters. The summed E-state index contributed by atoms with van der Waals surface area (Å²) in [6.45, 7) is 4.19. The van der Waals surface area contributed by atoms with Gasteiger partial charge in [0.2, 0.25) is 10.0 Å². The third-order valence-corrected chi connectivity index (χ3v) is 7.24. The van der Waals surface area contributed by atoms with Crippen molar-refractivity contribution >= 4 is 10.0 Å². The van der Waals surface area contributed by atoms with Crippen LogP contribution in [0.1, 0.15) is 45.1 Å². The number of nitrogens with zero attached hydrogens (tertiary/aromatic N) is 1. The number of hydrogen-bond acceptors (Lipinski definition) is 5. The molecule has 30 heavy (non-hydrogen) atoms. The minimum Gasteiger partial charge on any atom is -0.497 e. The number of rotatable bonds is 9. The highest BCUT2D eigenvalue weighted by atomic mass is 32.2. The molecule has 0 aromatic heterocycles. The maximum Gasteiger partial charge on any atom is 0.243 e. The van der Waals surface area contributed by atoms with Crippen LogP contribution in [0, 0.1) is 0 Å². The van der Waals surface area contributed by atoms with E-state index in [4.69, 9.17) is 14.2 Å². The van der Waals surface area contributed by atoms with E-state index in [0.29, 0.717) is 17.2 Å². The molecule has 0 N–H and O–H groups in total. The third-order valence-electron chi connectivity index (χ3n) is 5.33. The van der Waals surface area contributed by atoms with Crippen LogP contribution in [0.3, 0.4) is 0 Å². The monoisotopic (exact) mass is 433 g/mol. The molecule has 7 heteroatoms. The first-order valence-electron chi connectivity index (χ1n) is 10.3. The average Bonchev–Trinajstić information content (AvgIpc) is 3.26. The largest absolute Gasteiger partial charge is 0.497 e. The lowest BCUT2D eigenvalue weighted by molar-refractivity contribution is 0.229. The van der Waals surface area contributed by atoms with E-state index in [9.17, 15) is 8.42 Å². The van der Waals surface area contributed by atoms with Gasteiger partial charge >= 0.3 is 0 Å². The standard InChI is InChI=1S/C23H31NO5S/c1-17(2)29-23-15-18(9-14-22(23)28-4)16-24(19-7-5-6-8-19)30(25,26)21-12-10-20(27-3)11-13-21/h9-15,17,19H,5-8,16H2,1-4H3. The van der Waals surface area contributed by atoms with Gasteiger partial charge in [-0.05, 0) is 68.7 Å². The van der Waals surface area contributed by atoms with Crippen LogP contribution < -0.4 is 14.2 Å². The second-order valence-corrected chi connectivity index (χ2v) is 9.71. The van der Waals surface area contributed by atoms with Gasteiger partial charge < -0.3 is 14.2 Å². The number of sulfonamides is 1. The summed E-state index contributed by atoms with van der Waals surface area (Å²) in [7, 11) is -0.491. The van der Waals surface area contributed by atoms with Crippen LogP contribution >= 0.6 is 0 Å². The van der Waals surface area contributed by atoms with Gasteiger partial charge in [-0.25, -0.2) is 8.42 Å². The molecule has 0 aliphatic heterocycles. The molecule has 2 aromatic rings. The average molecular weight is 434 g/mol. The highest BCUT2D eigenvalue weighted by Gasteiger charge is 2.33. The van der Waals surface area contributed by atoms with Crippen LogP contribution in [0.5, 0.6) is 17.2 Å². The van der Waals surface area contributed by atoms with Crippen LogP contribution in [0.4, 0.5) is 0 Å². The quantitative estimate of drug-likeness (QED) is 0.577.